The number of H-pyrrole nitrogens is 1. The van der Waals surface area contributed by atoms with E-state index in [1.165, 1.54) is 0 Å². The second kappa shape index (κ2) is 12.0. The summed E-state index contributed by atoms with van der Waals surface area (Å²) in [5.41, 5.74) is 6.18. The maximum Gasteiger partial charge on any atom is 0.439 e. The lowest BCUT2D eigenvalue weighted by atomic mass is 9.96. The van der Waals surface area contributed by atoms with Gasteiger partial charge in [0.25, 0.3) is 5.56 Å². The van der Waals surface area contributed by atoms with Gasteiger partial charge in [0.05, 0.1) is 18.0 Å². The Labute approximate surface area is 244 Å². The average Bonchev–Trinajstić information content (AvgIpc) is 3.78. The largest absolute Gasteiger partial charge is 0.494 e. The SMILES string of the molecule is CCCCc1nc(C2CC2)n(-c2ccc(OCC)cc2)c(=O)c1Cc1ccc(-c2ccccc2-c2noc(=O)[nH]2)cc1. The van der Waals surface area contributed by atoms with Crippen molar-refractivity contribution in [2.45, 2.75) is 58.3 Å². The summed E-state index contributed by atoms with van der Waals surface area (Å²) in [7, 11) is 0. The van der Waals surface area contributed by atoms with Crippen molar-refractivity contribution in [1.29, 1.82) is 0 Å². The number of unbranched alkanes of at least 4 members (excludes halogenated alkanes) is 1. The molecule has 5 aromatic rings. The zero-order chi connectivity index (χ0) is 29.1. The van der Waals surface area contributed by atoms with Crippen LogP contribution in [0.15, 0.2) is 86.9 Å². The Balaban J connectivity index is 1.37. The van der Waals surface area contributed by atoms with Crippen molar-refractivity contribution in [3.63, 3.8) is 0 Å². The topological polar surface area (TPSA) is 103 Å². The van der Waals surface area contributed by atoms with Gasteiger partial charge in [0.1, 0.15) is 11.6 Å². The zero-order valence-corrected chi connectivity index (χ0v) is 23.9. The fourth-order valence-electron chi connectivity index (χ4n) is 5.36. The molecular formula is C34H34N4O4. The summed E-state index contributed by atoms with van der Waals surface area (Å²) in [6.07, 6.45) is 5.41. The molecule has 3 aromatic carbocycles. The molecule has 1 N–H and O–H groups in total. The van der Waals surface area contributed by atoms with Gasteiger partial charge in [0.2, 0.25) is 0 Å². The highest BCUT2D eigenvalue weighted by Gasteiger charge is 2.31. The molecule has 0 saturated heterocycles. The Hall–Kier alpha value is -4.72. The third-order valence-corrected chi connectivity index (χ3v) is 7.67. The fraction of sp³-hybridized carbons (Fsp3) is 0.294. The standard InChI is InChI=1S/C34H34N4O4/c1-3-5-10-30-29(33(39)38(32(35-30)24-15-16-24)25-17-19-26(20-18-25)41-4-2)21-22-11-13-23(14-12-22)27-8-6-7-9-28(27)31-36-34(40)42-37-31/h6-9,11-14,17-20,24H,3-5,10,15-16,21H2,1-2H3,(H,36,37,40). The molecule has 1 saturated carbocycles. The molecule has 0 amide bonds. The number of benzene rings is 3. The van der Waals surface area contributed by atoms with Crippen LogP contribution in [0.1, 0.15) is 68.1 Å². The number of aromatic amines is 1. The molecular weight excluding hydrogens is 528 g/mol. The summed E-state index contributed by atoms with van der Waals surface area (Å²) < 4.78 is 12.2. The molecule has 0 bridgehead atoms. The van der Waals surface area contributed by atoms with Gasteiger partial charge in [-0.3, -0.25) is 18.9 Å². The highest BCUT2D eigenvalue weighted by Crippen LogP contribution is 2.40. The highest BCUT2D eigenvalue weighted by molar-refractivity contribution is 5.80. The van der Waals surface area contributed by atoms with Gasteiger partial charge in [-0.15, -0.1) is 0 Å². The monoisotopic (exact) mass is 562 g/mol. The molecule has 42 heavy (non-hydrogen) atoms. The first-order valence-corrected chi connectivity index (χ1v) is 14.7. The van der Waals surface area contributed by atoms with E-state index in [9.17, 15) is 9.59 Å². The number of hydrogen-bond acceptors (Lipinski definition) is 6. The van der Waals surface area contributed by atoms with Crippen molar-refractivity contribution in [3.05, 3.63) is 116 Å². The van der Waals surface area contributed by atoms with Crippen LogP contribution in [0.25, 0.3) is 28.2 Å². The lowest BCUT2D eigenvalue weighted by Crippen LogP contribution is -2.29. The first-order valence-electron chi connectivity index (χ1n) is 14.7. The van der Waals surface area contributed by atoms with Crippen LogP contribution in [0.2, 0.25) is 0 Å². The van der Waals surface area contributed by atoms with Crippen LogP contribution in [0.3, 0.4) is 0 Å². The Kier molecular flexibility index (Phi) is 7.86. The van der Waals surface area contributed by atoms with Crippen LogP contribution in [-0.2, 0) is 12.8 Å². The maximum absolute atomic E-state index is 14.3. The second-order valence-corrected chi connectivity index (χ2v) is 10.7. The highest BCUT2D eigenvalue weighted by atomic mass is 16.5. The Morgan fingerprint density at radius 1 is 0.952 bits per heavy atom. The summed E-state index contributed by atoms with van der Waals surface area (Å²) >= 11 is 0. The van der Waals surface area contributed by atoms with E-state index in [1.807, 2.05) is 72.2 Å². The van der Waals surface area contributed by atoms with Crippen molar-refractivity contribution in [1.82, 2.24) is 19.7 Å². The van der Waals surface area contributed by atoms with Crippen LogP contribution in [0.4, 0.5) is 0 Å². The number of nitrogens with one attached hydrogen (secondary N) is 1. The van der Waals surface area contributed by atoms with Gasteiger partial charge in [-0.25, -0.2) is 9.78 Å². The molecule has 2 aromatic heterocycles. The van der Waals surface area contributed by atoms with Gasteiger partial charge >= 0.3 is 5.76 Å². The van der Waals surface area contributed by atoms with Crippen molar-refractivity contribution < 1.29 is 9.26 Å². The summed E-state index contributed by atoms with van der Waals surface area (Å²) in [5, 5.41) is 3.87. The Morgan fingerprint density at radius 3 is 2.33 bits per heavy atom. The van der Waals surface area contributed by atoms with E-state index >= 15 is 0 Å². The molecule has 2 heterocycles. The number of hydrogen-bond donors (Lipinski definition) is 1. The van der Waals surface area contributed by atoms with Crippen molar-refractivity contribution in [3.8, 4) is 34.0 Å². The summed E-state index contributed by atoms with van der Waals surface area (Å²) in [4.78, 5) is 33.6. The number of nitrogens with zero attached hydrogens (tertiary/aromatic N) is 3. The van der Waals surface area contributed by atoms with E-state index in [0.717, 1.165) is 82.9 Å². The lowest BCUT2D eigenvalue weighted by Gasteiger charge is -2.18. The quantitative estimate of drug-likeness (QED) is 0.198. The molecule has 0 radical (unpaired) electrons. The summed E-state index contributed by atoms with van der Waals surface area (Å²) in [6, 6.07) is 23.6. The average molecular weight is 563 g/mol. The number of aromatic nitrogens is 4. The molecule has 8 nitrogen and oxygen atoms in total. The normalized spacial score (nSPS) is 12.9. The van der Waals surface area contributed by atoms with E-state index < -0.39 is 5.76 Å². The fourth-order valence-corrected chi connectivity index (χ4v) is 5.36. The molecule has 0 unspecified atom stereocenters. The van der Waals surface area contributed by atoms with Crippen LogP contribution in [0, 0.1) is 0 Å². The predicted octanol–water partition coefficient (Wildman–Crippen LogP) is 6.45. The van der Waals surface area contributed by atoms with Crippen LogP contribution in [0.5, 0.6) is 5.75 Å². The third kappa shape index (κ3) is 5.70. The molecule has 1 aliphatic carbocycles. The molecule has 1 fully saturated rings. The van der Waals surface area contributed by atoms with E-state index in [2.05, 4.69) is 29.2 Å². The molecule has 8 heteroatoms. The van der Waals surface area contributed by atoms with E-state index in [1.54, 1.807) is 0 Å². The van der Waals surface area contributed by atoms with Crippen LogP contribution in [-0.4, -0.2) is 26.3 Å². The number of ether oxygens (including phenoxy) is 1. The number of rotatable bonds is 11. The van der Waals surface area contributed by atoms with Crippen molar-refractivity contribution in [2.75, 3.05) is 6.61 Å². The van der Waals surface area contributed by atoms with Crippen molar-refractivity contribution >= 4 is 0 Å². The minimum Gasteiger partial charge on any atom is -0.494 e. The molecule has 214 valence electrons. The van der Waals surface area contributed by atoms with Crippen molar-refractivity contribution in [2.24, 2.45) is 0 Å². The first kappa shape index (κ1) is 27.4. The van der Waals surface area contributed by atoms with Gasteiger partial charge in [0, 0.05) is 23.5 Å². The third-order valence-electron chi connectivity index (χ3n) is 7.67. The summed E-state index contributed by atoms with van der Waals surface area (Å²) in [5.74, 6) is 1.77. The summed E-state index contributed by atoms with van der Waals surface area (Å²) in [6.45, 7) is 4.71. The van der Waals surface area contributed by atoms with Gasteiger partial charge in [0.15, 0.2) is 5.82 Å². The molecule has 1 aliphatic rings. The number of aryl methyl sites for hydroxylation is 1. The van der Waals surface area contributed by atoms with E-state index in [-0.39, 0.29) is 5.56 Å². The van der Waals surface area contributed by atoms with Crippen LogP contribution >= 0.6 is 0 Å². The molecule has 6 rings (SSSR count). The minimum absolute atomic E-state index is 0.00608. The zero-order valence-electron chi connectivity index (χ0n) is 23.9. The predicted molar refractivity (Wildman–Crippen MR) is 162 cm³/mol. The van der Waals surface area contributed by atoms with Crippen LogP contribution < -0.4 is 16.1 Å². The Morgan fingerprint density at radius 2 is 1.69 bits per heavy atom. The molecule has 0 atom stereocenters. The minimum atomic E-state index is -0.591. The smallest absolute Gasteiger partial charge is 0.439 e. The second-order valence-electron chi connectivity index (χ2n) is 10.7. The van der Waals surface area contributed by atoms with Gasteiger partial charge < -0.3 is 4.74 Å². The van der Waals surface area contributed by atoms with E-state index in [0.29, 0.717) is 24.8 Å². The maximum atomic E-state index is 14.3. The van der Waals surface area contributed by atoms with Gasteiger partial charge in [-0.05, 0) is 73.6 Å². The first-order chi connectivity index (χ1) is 20.6. The van der Waals surface area contributed by atoms with E-state index in [4.69, 9.17) is 14.2 Å². The van der Waals surface area contributed by atoms with Gasteiger partial charge in [-0.2, -0.15) is 0 Å². The molecule has 0 aliphatic heterocycles. The Bertz CT molecular complexity index is 1800. The van der Waals surface area contributed by atoms with Gasteiger partial charge in [-0.1, -0.05) is 67.0 Å². The molecule has 0 spiro atoms. The lowest BCUT2D eigenvalue weighted by molar-refractivity contribution is 0.340.